The lowest BCUT2D eigenvalue weighted by Gasteiger charge is -2.22. The highest BCUT2D eigenvalue weighted by atomic mass is 79.9. The summed E-state index contributed by atoms with van der Waals surface area (Å²) in [5.41, 5.74) is 1.24. The Bertz CT molecular complexity index is 467. The second-order valence-electron chi connectivity index (χ2n) is 4.83. The Morgan fingerprint density at radius 2 is 2.17 bits per heavy atom. The zero-order chi connectivity index (χ0) is 13.1. The summed E-state index contributed by atoms with van der Waals surface area (Å²) in [5, 5.41) is 12.7. The number of hydrogen-bond donors (Lipinski definition) is 1. The lowest BCUT2D eigenvalue weighted by molar-refractivity contribution is 0.417. The molecule has 1 aliphatic carbocycles. The van der Waals surface area contributed by atoms with E-state index in [0.717, 1.165) is 28.2 Å². The number of benzene rings is 1. The minimum absolute atomic E-state index is 0.168. The molecule has 0 radical (unpaired) electrons. The molecule has 0 amide bonds. The van der Waals surface area contributed by atoms with Crippen LogP contribution in [0.1, 0.15) is 37.8 Å². The van der Waals surface area contributed by atoms with E-state index in [-0.39, 0.29) is 12.0 Å². The summed E-state index contributed by atoms with van der Waals surface area (Å²) in [6.07, 6.45) is 3.29. The summed E-state index contributed by atoms with van der Waals surface area (Å²) < 4.78 is 2.17. The van der Waals surface area contributed by atoms with Crippen molar-refractivity contribution in [3.8, 4) is 6.07 Å². The van der Waals surface area contributed by atoms with Crippen molar-refractivity contribution in [3.63, 3.8) is 0 Å². The Kier molecular flexibility index (Phi) is 4.83. The Labute approximate surface area is 125 Å². The molecule has 4 heteroatoms. The fourth-order valence-corrected chi connectivity index (χ4v) is 3.97. The summed E-state index contributed by atoms with van der Waals surface area (Å²) in [7, 11) is 0. The predicted molar refractivity (Wildman–Crippen MR) is 80.1 cm³/mol. The lowest BCUT2D eigenvalue weighted by Crippen LogP contribution is -2.34. The van der Waals surface area contributed by atoms with Crippen LogP contribution < -0.4 is 5.32 Å². The lowest BCUT2D eigenvalue weighted by atomic mass is 10.0. The maximum atomic E-state index is 9.11. The van der Waals surface area contributed by atoms with Crippen molar-refractivity contribution >= 4 is 31.9 Å². The third-order valence-electron chi connectivity index (χ3n) is 3.57. The summed E-state index contributed by atoms with van der Waals surface area (Å²) >= 11 is 7.06. The van der Waals surface area contributed by atoms with Crippen LogP contribution in [0, 0.1) is 17.2 Å². The number of rotatable bonds is 3. The van der Waals surface area contributed by atoms with Crippen molar-refractivity contribution in [1.29, 1.82) is 5.26 Å². The molecule has 1 aliphatic rings. The van der Waals surface area contributed by atoms with Gasteiger partial charge in [0.05, 0.1) is 12.0 Å². The average molecular weight is 372 g/mol. The van der Waals surface area contributed by atoms with E-state index in [1.54, 1.807) is 0 Å². The highest BCUT2D eigenvalue weighted by Crippen LogP contribution is 2.30. The largest absolute Gasteiger partial charge is 0.306 e. The maximum absolute atomic E-state index is 9.11. The molecule has 0 heterocycles. The summed E-state index contributed by atoms with van der Waals surface area (Å²) in [5.74, 6) is 0.168. The average Bonchev–Trinajstić information content (AvgIpc) is 2.76. The van der Waals surface area contributed by atoms with Gasteiger partial charge in [-0.1, -0.05) is 44.3 Å². The van der Waals surface area contributed by atoms with Crippen molar-refractivity contribution < 1.29 is 0 Å². The zero-order valence-electron chi connectivity index (χ0n) is 10.3. The molecule has 3 unspecified atom stereocenters. The van der Waals surface area contributed by atoms with Crippen molar-refractivity contribution in [3.05, 3.63) is 32.7 Å². The molecule has 18 heavy (non-hydrogen) atoms. The Hall–Kier alpha value is -0.370. The Morgan fingerprint density at radius 3 is 2.83 bits per heavy atom. The van der Waals surface area contributed by atoms with Gasteiger partial charge in [-0.2, -0.15) is 5.26 Å². The summed E-state index contributed by atoms with van der Waals surface area (Å²) in [6, 6.07) is 9.23. The molecule has 0 spiro atoms. The van der Waals surface area contributed by atoms with Gasteiger partial charge in [0.1, 0.15) is 0 Å². The van der Waals surface area contributed by atoms with Crippen LogP contribution in [0.3, 0.4) is 0 Å². The molecule has 0 aromatic heterocycles. The molecule has 0 aliphatic heterocycles. The van der Waals surface area contributed by atoms with Gasteiger partial charge in [-0.3, -0.25) is 0 Å². The first-order chi connectivity index (χ1) is 8.61. The highest BCUT2D eigenvalue weighted by Gasteiger charge is 2.28. The van der Waals surface area contributed by atoms with E-state index in [4.69, 9.17) is 5.26 Å². The molecular formula is C14H16Br2N2. The van der Waals surface area contributed by atoms with E-state index >= 15 is 0 Å². The second-order valence-corrected chi connectivity index (χ2v) is 6.60. The normalized spacial score (nSPS) is 24.8. The standard InChI is InChI=1S/C14H16Br2N2/c1-9(12-6-5-11(15)7-13(12)16)18-14-4-2-3-10(14)8-17/h5-7,9-10,14,18H,2-4H2,1H3. The molecule has 96 valence electrons. The monoisotopic (exact) mass is 370 g/mol. The fourth-order valence-electron chi connectivity index (χ4n) is 2.58. The van der Waals surface area contributed by atoms with Gasteiger partial charge in [-0.15, -0.1) is 0 Å². The molecule has 1 fully saturated rings. The van der Waals surface area contributed by atoms with Crippen LogP contribution in [0.25, 0.3) is 0 Å². The first-order valence-corrected chi connectivity index (χ1v) is 7.81. The zero-order valence-corrected chi connectivity index (χ0v) is 13.5. The first-order valence-electron chi connectivity index (χ1n) is 6.22. The van der Waals surface area contributed by atoms with Gasteiger partial charge >= 0.3 is 0 Å². The van der Waals surface area contributed by atoms with Crippen LogP contribution in [0.5, 0.6) is 0 Å². The smallest absolute Gasteiger partial charge is 0.0672 e. The molecule has 2 nitrogen and oxygen atoms in total. The van der Waals surface area contributed by atoms with Crippen molar-refractivity contribution in [1.82, 2.24) is 5.32 Å². The number of nitrogens with one attached hydrogen (secondary N) is 1. The van der Waals surface area contributed by atoms with Crippen LogP contribution in [-0.4, -0.2) is 6.04 Å². The number of hydrogen-bond acceptors (Lipinski definition) is 2. The van der Waals surface area contributed by atoms with Crippen molar-refractivity contribution in [2.45, 2.75) is 38.3 Å². The summed E-state index contributed by atoms with van der Waals surface area (Å²) in [4.78, 5) is 0. The van der Waals surface area contributed by atoms with Gasteiger partial charge in [-0.05, 0) is 37.5 Å². The molecular weight excluding hydrogens is 356 g/mol. The van der Waals surface area contributed by atoms with Crippen molar-refractivity contribution in [2.75, 3.05) is 0 Å². The van der Waals surface area contributed by atoms with Crippen LogP contribution in [0.2, 0.25) is 0 Å². The first kappa shape index (κ1) is 14.0. The van der Waals surface area contributed by atoms with Crippen molar-refractivity contribution in [2.24, 2.45) is 5.92 Å². The van der Waals surface area contributed by atoms with E-state index in [2.05, 4.69) is 68.4 Å². The van der Waals surface area contributed by atoms with Crippen LogP contribution in [-0.2, 0) is 0 Å². The highest BCUT2D eigenvalue weighted by molar-refractivity contribution is 9.11. The SMILES string of the molecule is CC(NC1CCCC1C#N)c1ccc(Br)cc1Br. The minimum Gasteiger partial charge on any atom is -0.306 e. The molecule has 1 saturated carbocycles. The van der Waals surface area contributed by atoms with E-state index in [1.165, 1.54) is 5.56 Å². The van der Waals surface area contributed by atoms with E-state index in [9.17, 15) is 0 Å². The molecule has 1 aromatic carbocycles. The maximum Gasteiger partial charge on any atom is 0.0672 e. The van der Waals surface area contributed by atoms with Crippen LogP contribution >= 0.6 is 31.9 Å². The van der Waals surface area contributed by atoms with Gasteiger partial charge in [0.2, 0.25) is 0 Å². The minimum atomic E-state index is 0.168. The number of nitrogens with zero attached hydrogens (tertiary/aromatic N) is 1. The van der Waals surface area contributed by atoms with Gasteiger partial charge in [0, 0.05) is 21.0 Å². The summed E-state index contributed by atoms with van der Waals surface area (Å²) in [6.45, 7) is 2.15. The van der Waals surface area contributed by atoms with E-state index < -0.39 is 0 Å². The molecule has 1 N–H and O–H groups in total. The number of nitriles is 1. The van der Waals surface area contributed by atoms with E-state index in [0.29, 0.717) is 6.04 Å². The quantitative estimate of drug-likeness (QED) is 0.845. The molecule has 2 rings (SSSR count). The fraction of sp³-hybridized carbons (Fsp3) is 0.500. The predicted octanol–water partition coefficient (Wildman–Crippen LogP) is 4.55. The van der Waals surface area contributed by atoms with Crippen LogP contribution in [0.15, 0.2) is 27.1 Å². The molecule has 0 saturated heterocycles. The van der Waals surface area contributed by atoms with Gasteiger partial charge in [-0.25, -0.2) is 0 Å². The third-order valence-corrected chi connectivity index (χ3v) is 4.75. The Balaban J connectivity index is 2.08. The Morgan fingerprint density at radius 1 is 1.39 bits per heavy atom. The number of halogens is 2. The van der Waals surface area contributed by atoms with Gasteiger partial charge in [0.15, 0.2) is 0 Å². The van der Waals surface area contributed by atoms with Gasteiger partial charge < -0.3 is 5.32 Å². The molecule has 0 bridgehead atoms. The topological polar surface area (TPSA) is 35.8 Å². The molecule has 1 aromatic rings. The van der Waals surface area contributed by atoms with Crippen LogP contribution in [0.4, 0.5) is 0 Å². The third kappa shape index (κ3) is 3.14. The molecule has 3 atom stereocenters. The van der Waals surface area contributed by atoms with E-state index in [1.807, 2.05) is 0 Å². The second kappa shape index (κ2) is 6.18. The van der Waals surface area contributed by atoms with Gasteiger partial charge in [0.25, 0.3) is 0 Å².